The molecule has 0 heterocycles. The molecule has 2 aromatic rings. The van der Waals surface area contributed by atoms with Gasteiger partial charge in [-0.25, -0.2) is 4.39 Å². The largest absolute Gasteiger partial charge is 0.492 e. The van der Waals surface area contributed by atoms with Crippen molar-refractivity contribution in [3.8, 4) is 11.5 Å². The number of fused-ring (bicyclic) bond motifs is 1. The summed E-state index contributed by atoms with van der Waals surface area (Å²) in [6.45, 7) is 0.900. The third kappa shape index (κ3) is 5.26. The van der Waals surface area contributed by atoms with Gasteiger partial charge in [-0.05, 0) is 42.7 Å². The molecule has 0 aromatic heterocycles. The molecule has 164 valence electrons. The Hall–Kier alpha value is -1.99. The van der Waals surface area contributed by atoms with Crippen molar-refractivity contribution in [2.75, 3.05) is 19.8 Å². The summed E-state index contributed by atoms with van der Waals surface area (Å²) >= 11 is 17.5. The third-order valence-corrected chi connectivity index (χ3v) is 6.40. The molecule has 0 radical (unpaired) electrons. The predicted molar refractivity (Wildman–Crippen MR) is 119 cm³/mol. The Kier molecular flexibility index (Phi) is 6.63. The van der Waals surface area contributed by atoms with Gasteiger partial charge in [0.2, 0.25) is 0 Å². The van der Waals surface area contributed by atoms with Crippen LogP contribution < -0.4 is 20.1 Å². The Labute approximate surface area is 194 Å². The molecule has 2 N–H and O–H groups in total. The number of ether oxygens (including phenoxy) is 2. The van der Waals surface area contributed by atoms with Gasteiger partial charge in [0, 0.05) is 36.3 Å². The lowest BCUT2D eigenvalue weighted by Gasteiger charge is -2.37. The van der Waals surface area contributed by atoms with E-state index in [0.717, 1.165) is 25.0 Å². The maximum atomic E-state index is 13.4. The van der Waals surface area contributed by atoms with Crippen LogP contribution in [0.15, 0.2) is 47.7 Å². The summed E-state index contributed by atoms with van der Waals surface area (Å²) < 4.78 is 24.5. The molecular weight excluding hydrogens is 466 g/mol. The molecule has 0 spiro atoms. The van der Waals surface area contributed by atoms with E-state index >= 15 is 0 Å². The Morgan fingerprint density at radius 2 is 1.68 bits per heavy atom. The lowest BCUT2D eigenvalue weighted by Crippen LogP contribution is -2.49. The number of halogens is 4. The molecule has 1 amide bonds. The first-order valence-electron chi connectivity index (χ1n) is 9.75. The van der Waals surface area contributed by atoms with E-state index in [2.05, 4.69) is 10.6 Å². The van der Waals surface area contributed by atoms with E-state index in [1.165, 1.54) is 17.7 Å². The molecule has 1 fully saturated rings. The van der Waals surface area contributed by atoms with Gasteiger partial charge in [-0.3, -0.25) is 4.79 Å². The second-order valence-electron chi connectivity index (χ2n) is 7.66. The van der Waals surface area contributed by atoms with E-state index < -0.39 is 5.82 Å². The Bertz CT molecular complexity index is 1040. The van der Waals surface area contributed by atoms with E-state index in [1.54, 1.807) is 24.3 Å². The average molecular weight is 486 g/mol. The molecule has 9 heteroatoms. The summed E-state index contributed by atoms with van der Waals surface area (Å²) in [5.74, 6) is 0.203. The van der Waals surface area contributed by atoms with Gasteiger partial charge in [0.1, 0.15) is 23.9 Å². The molecule has 0 unspecified atom stereocenters. The molecule has 0 atom stereocenters. The van der Waals surface area contributed by atoms with Gasteiger partial charge in [-0.2, -0.15) is 0 Å². The minimum atomic E-state index is -0.502. The highest BCUT2D eigenvalue weighted by atomic mass is 35.5. The maximum Gasteiger partial charge on any atom is 0.262 e. The van der Waals surface area contributed by atoms with Gasteiger partial charge in [-0.1, -0.05) is 34.8 Å². The van der Waals surface area contributed by atoms with Crippen molar-refractivity contribution < 1.29 is 18.7 Å². The second kappa shape index (κ2) is 9.25. The topological polar surface area (TPSA) is 59.6 Å². The number of amides is 1. The first-order valence-corrected chi connectivity index (χ1v) is 10.9. The summed E-state index contributed by atoms with van der Waals surface area (Å²) in [7, 11) is 0. The Balaban J connectivity index is 1.18. The van der Waals surface area contributed by atoms with Crippen LogP contribution in [0.1, 0.15) is 19.3 Å². The second-order valence-corrected chi connectivity index (χ2v) is 8.88. The fourth-order valence-electron chi connectivity index (χ4n) is 3.86. The molecule has 5 rings (SSSR count). The number of rotatable bonds is 9. The SMILES string of the molecule is O=C(COc1ccc(Cl)c(Cl)c1)NC1=C2CC(NCCOc3ccc(Cl)c(F)c3)(C2)C1. The normalized spacial score (nSPS) is 16.1. The van der Waals surface area contributed by atoms with E-state index in [0.29, 0.717) is 34.7 Å². The number of benzene rings is 2. The van der Waals surface area contributed by atoms with E-state index in [4.69, 9.17) is 44.3 Å². The molecule has 31 heavy (non-hydrogen) atoms. The van der Waals surface area contributed by atoms with Crippen LogP contribution in [0, 0.1) is 5.82 Å². The minimum Gasteiger partial charge on any atom is -0.492 e. The van der Waals surface area contributed by atoms with Gasteiger partial charge in [0.05, 0.1) is 15.1 Å². The summed E-state index contributed by atoms with van der Waals surface area (Å²) in [6.07, 6.45) is 2.54. The molecule has 0 aliphatic heterocycles. The highest BCUT2D eigenvalue weighted by molar-refractivity contribution is 6.42. The monoisotopic (exact) mass is 484 g/mol. The summed E-state index contributed by atoms with van der Waals surface area (Å²) in [5, 5.41) is 7.32. The highest BCUT2D eigenvalue weighted by Crippen LogP contribution is 2.50. The first kappa shape index (κ1) is 22.2. The van der Waals surface area contributed by atoms with E-state index in [1.807, 2.05) is 0 Å². The fraction of sp³-hybridized carbons (Fsp3) is 0.318. The van der Waals surface area contributed by atoms with Crippen LogP contribution in [0.4, 0.5) is 4.39 Å². The number of hydrogen-bond acceptors (Lipinski definition) is 4. The lowest BCUT2D eigenvalue weighted by molar-refractivity contribution is -0.122. The summed E-state index contributed by atoms with van der Waals surface area (Å²) in [4.78, 5) is 12.3. The number of carbonyl (C=O) groups is 1. The van der Waals surface area contributed by atoms with Crippen LogP contribution in [0.5, 0.6) is 11.5 Å². The molecule has 3 aliphatic carbocycles. The van der Waals surface area contributed by atoms with Crippen LogP contribution in [-0.4, -0.2) is 31.2 Å². The van der Waals surface area contributed by atoms with Crippen molar-refractivity contribution in [2.24, 2.45) is 0 Å². The third-order valence-electron chi connectivity index (χ3n) is 5.36. The number of nitrogens with one attached hydrogen (secondary N) is 2. The van der Waals surface area contributed by atoms with E-state index in [9.17, 15) is 9.18 Å². The maximum absolute atomic E-state index is 13.4. The van der Waals surface area contributed by atoms with Crippen LogP contribution >= 0.6 is 34.8 Å². The van der Waals surface area contributed by atoms with Crippen molar-refractivity contribution in [2.45, 2.75) is 24.8 Å². The summed E-state index contributed by atoms with van der Waals surface area (Å²) in [6, 6.07) is 9.23. The Morgan fingerprint density at radius 1 is 0.968 bits per heavy atom. The standard InChI is InChI=1S/C22H20Cl3FN2O3/c23-16-3-1-14(7-18(16)25)31-12-21(29)28-20-11-22(9-13(20)10-22)27-5-6-30-15-2-4-17(24)19(26)8-15/h1-4,7-8,27H,5-6,9-12H2,(H,28,29). The van der Waals surface area contributed by atoms with Crippen LogP contribution in [0.2, 0.25) is 15.1 Å². The van der Waals surface area contributed by atoms with Gasteiger partial charge >= 0.3 is 0 Å². The molecule has 0 saturated heterocycles. The van der Waals surface area contributed by atoms with Crippen molar-refractivity contribution in [3.05, 3.63) is 68.6 Å². The number of hydrogen-bond donors (Lipinski definition) is 2. The lowest BCUT2D eigenvalue weighted by atomic mass is 9.78. The van der Waals surface area contributed by atoms with Gasteiger partial charge in [0.25, 0.3) is 5.91 Å². The van der Waals surface area contributed by atoms with Gasteiger partial charge in [-0.15, -0.1) is 0 Å². The molecular formula is C22H20Cl3FN2O3. The van der Waals surface area contributed by atoms with Crippen LogP contribution in [0.3, 0.4) is 0 Å². The zero-order valence-corrected chi connectivity index (χ0v) is 18.7. The first-order chi connectivity index (χ1) is 14.8. The number of carbonyl (C=O) groups excluding carboxylic acids is 1. The molecule has 3 aliphatic rings. The van der Waals surface area contributed by atoms with Crippen LogP contribution in [-0.2, 0) is 4.79 Å². The van der Waals surface area contributed by atoms with Crippen molar-refractivity contribution in [1.82, 2.24) is 10.6 Å². The zero-order chi connectivity index (χ0) is 22.0. The molecule has 1 saturated carbocycles. The smallest absolute Gasteiger partial charge is 0.262 e. The highest BCUT2D eigenvalue weighted by Gasteiger charge is 2.48. The molecule has 5 nitrogen and oxygen atoms in total. The fourth-order valence-corrected chi connectivity index (χ4v) is 4.26. The van der Waals surface area contributed by atoms with Crippen molar-refractivity contribution >= 4 is 40.7 Å². The average Bonchev–Trinajstić information content (AvgIpc) is 3.23. The van der Waals surface area contributed by atoms with E-state index in [-0.39, 0.29) is 23.1 Å². The van der Waals surface area contributed by atoms with Gasteiger partial charge in [0.15, 0.2) is 6.61 Å². The van der Waals surface area contributed by atoms with Gasteiger partial charge < -0.3 is 20.1 Å². The zero-order valence-electron chi connectivity index (χ0n) is 16.4. The molecule has 2 bridgehead atoms. The van der Waals surface area contributed by atoms with Crippen molar-refractivity contribution in [1.29, 1.82) is 0 Å². The summed E-state index contributed by atoms with van der Waals surface area (Å²) in [5.41, 5.74) is 2.16. The van der Waals surface area contributed by atoms with Crippen LogP contribution in [0.25, 0.3) is 0 Å². The minimum absolute atomic E-state index is 0.0445. The van der Waals surface area contributed by atoms with Crippen molar-refractivity contribution in [3.63, 3.8) is 0 Å². The quantitative estimate of drug-likeness (QED) is 0.483. The molecule has 2 aromatic carbocycles. The predicted octanol–water partition coefficient (Wildman–Crippen LogP) is 5.14. The Morgan fingerprint density at radius 3 is 2.39 bits per heavy atom.